The number of ether oxygens (including phenoxy) is 1. The van der Waals surface area contributed by atoms with Gasteiger partial charge >= 0.3 is 0 Å². The van der Waals surface area contributed by atoms with E-state index in [4.69, 9.17) is 9.84 Å². The number of carbonyl (C=O) groups excluding carboxylic acids is 1. The molecule has 1 aromatic carbocycles. The third kappa shape index (κ3) is 2.08. The number of fused-ring (bicyclic) bond motifs is 6. The molecule has 0 unspecified atom stereocenters. The normalized spacial score (nSPS) is 21.1. The summed E-state index contributed by atoms with van der Waals surface area (Å²) in [5.41, 5.74) is 4.96. The molecule has 2 aromatic heterocycles. The number of carbonyl (C=O) groups is 1. The lowest BCUT2D eigenvalue weighted by Gasteiger charge is -2.35. The monoisotopic (exact) mass is 348 g/mol. The minimum atomic E-state index is 0.136. The third-order valence-corrected chi connectivity index (χ3v) is 5.65. The molecule has 0 radical (unpaired) electrons. The largest absolute Gasteiger partial charge is 0.496 e. The van der Waals surface area contributed by atoms with Gasteiger partial charge in [-0.3, -0.25) is 4.79 Å². The molecule has 0 saturated carbocycles. The van der Waals surface area contributed by atoms with E-state index in [0.29, 0.717) is 0 Å². The van der Waals surface area contributed by atoms with Crippen LogP contribution in [0.5, 0.6) is 5.75 Å². The summed E-state index contributed by atoms with van der Waals surface area (Å²) in [6, 6.07) is 10.3. The van der Waals surface area contributed by atoms with E-state index >= 15 is 0 Å². The van der Waals surface area contributed by atoms with Crippen molar-refractivity contribution in [1.29, 1.82) is 0 Å². The van der Waals surface area contributed by atoms with Gasteiger partial charge in [0.1, 0.15) is 5.75 Å². The molecule has 6 nitrogen and oxygen atoms in total. The van der Waals surface area contributed by atoms with Crippen LogP contribution < -0.4 is 4.74 Å². The smallest absolute Gasteiger partial charge is 0.220 e. The highest BCUT2D eigenvalue weighted by atomic mass is 16.5. The number of hydrogen-bond acceptors (Lipinski definition) is 4. The second-order valence-electron chi connectivity index (χ2n) is 7.04. The van der Waals surface area contributed by atoms with Gasteiger partial charge in [-0.15, -0.1) is 0 Å². The van der Waals surface area contributed by atoms with E-state index < -0.39 is 0 Å². The van der Waals surface area contributed by atoms with Crippen molar-refractivity contribution in [3.05, 3.63) is 47.8 Å². The molecule has 2 atom stereocenters. The van der Waals surface area contributed by atoms with Crippen molar-refractivity contribution in [2.45, 2.75) is 38.3 Å². The Balaban J connectivity index is 1.66. The third-order valence-electron chi connectivity index (χ3n) is 5.65. The van der Waals surface area contributed by atoms with Crippen LogP contribution in [0.25, 0.3) is 16.9 Å². The maximum atomic E-state index is 12.1. The zero-order chi connectivity index (χ0) is 17.8. The molecule has 0 N–H and O–H groups in total. The Hall–Kier alpha value is -2.89. The molecular weight excluding hydrogens is 328 g/mol. The molecule has 0 aliphatic carbocycles. The number of rotatable bonds is 2. The van der Waals surface area contributed by atoms with Crippen LogP contribution in [0.2, 0.25) is 0 Å². The molecule has 2 aliphatic rings. The standard InChI is InChI=1S/C20H20N4O2/c1-12(25)23-13-7-8-17(23)15-11-21-20-10-16(22-24(20)18(15)9-13)14-5-3-4-6-19(14)26-2/h3-6,10-11,13,17H,7-9H2,1-2H3/t13-,17-/m1/s1. The fourth-order valence-electron chi connectivity index (χ4n) is 4.55. The number of amides is 1. The van der Waals surface area contributed by atoms with E-state index in [1.54, 1.807) is 14.0 Å². The molecule has 2 aliphatic heterocycles. The number of hydrogen-bond donors (Lipinski definition) is 0. The summed E-state index contributed by atoms with van der Waals surface area (Å²) < 4.78 is 7.44. The Labute approximate surface area is 151 Å². The molecule has 26 heavy (non-hydrogen) atoms. The summed E-state index contributed by atoms with van der Waals surface area (Å²) in [7, 11) is 1.67. The first kappa shape index (κ1) is 15.4. The van der Waals surface area contributed by atoms with Gasteiger partial charge in [-0.1, -0.05) is 12.1 Å². The van der Waals surface area contributed by atoms with Crippen molar-refractivity contribution in [2.24, 2.45) is 0 Å². The lowest BCUT2D eigenvalue weighted by molar-refractivity contribution is -0.132. The second kappa shape index (κ2) is 5.56. The summed E-state index contributed by atoms with van der Waals surface area (Å²) in [4.78, 5) is 18.7. The molecule has 6 heteroatoms. The Morgan fingerprint density at radius 2 is 2.12 bits per heavy atom. The Kier molecular flexibility index (Phi) is 3.29. The van der Waals surface area contributed by atoms with Crippen LogP contribution in [0.15, 0.2) is 36.5 Å². The highest BCUT2D eigenvalue weighted by Crippen LogP contribution is 2.43. The molecule has 132 valence electrons. The number of benzene rings is 1. The maximum Gasteiger partial charge on any atom is 0.220 e. The molecule has 1 saturated heterocycles. The Bertz CT molecular complexity index is 1030. The van der Waals surface area contributed by atoms with Crippen molar-refractivity contribution in [3.8, 4) is 17.0 Å². The summed E-state index contributed by atoms with van der Waals surface area (Å²) in [6.45, 7) is 1.66. The van der Waals surface area contributed by atoms with Gasteiger partial charge in [-0.25, -0.2) is 9.50 Å². The van der Waals surface area contributed by atoms with Crippen molar-refractivity contribution in [3.63, 3.8) is 0 Å². The number of aromatic nitrogens is 3. The summed E-state index contributed by atoms with van der Waals surface area (Å²) in [5.74, 6) is 0.950. The number of para-hydroxylation sites is 1. The van der Waals surface area contributed by atoms with Crippen LogP contribution in [-0.4, -0.2) is 38.6 Å². The topological polar surface area (TPSA) is 59.7 Å². The predicted octanol–water partition coefficient (Wildman–Crippen LogP) is 3.01. The van der Waals surface area contributed by atoms with Crippen LogP contribution in [-0.2, 0) is 11.2 Å². The fraction of sp³-hybridized carbons (Fsp3) is 0.350. The first-order valence-corrected chi connectivity index (χ1v) is 8.97. The minimum absolute atomic E-state index is 0.136. The Morgan fingerprint density at radius 1 is 1.27 bits per heavy atom. The van der Waals surface area contributed by atoms with Crippen LogP contribution in [0, 0.1) is 0 Å². The van der Waals surface area contributed by atoms with Gasteiger partial charge in [0.25, 0.3) is 0 Å². The molecule has 3 aromatic rings. The molecule has 5 rings (SSSR count). The van der Waals surface area contributed by atoms with Crippen LogP contribution in [0.4, 0.5) is 0 Å². The molecule has 1 amide bonds. The van der Waals surface area contributed by atoms with Crippen molar-refractivity contribution in [2.75, 3.05) is 7.11 Å². The molecular formula is C20H20N4O2. The number of methoxy groups -OCH3 is 1. The average Bonchev–Trinajstić information content (AvgIpc) is 3.23. The van der Waals surface area contributed by atoms with Crippen LogP contribution >= 0.6 is 0 Å². The fourth-order valence-corrected chi connectivity index (χ4v) is 4.55. The second-order valence-corrected chi connectivity index (χ2v) is 7.04. The van der Waals surface area contributed by atoms with Gasteiger partial charge in [0.05, 0.1) is 24.5 Å². The van der Waals surface area contributed by atoms with Gasteiger partial charge in [0.2, 0.25) is 5.91 Å². The first-order valence-electron chi connectivity index (χ1n) is 8.97. The van der Waals surface area contributed by atoms with Gasteiger partial charge < -0.3 is 9.64 Å². The lowest BCUT2D eigenvalue weighted by atomic mass is 9.99. The van der Waals surface area contributed by atoms with E-state index in [-0.39, 0.29) is 18.0 Å². The van der Waals surface area contributed by atoms with Gasteiger partial charge in [-0.05, 0) is 25.0 Å². The first-order chi connectivity index (χ1) is 12.7. The van der Waals surface area contributed by atoms with E-state index in [1.807, 2.05) is 45.9 Å². The summed E-state index contributed by atoms with van der Waals surface area (Å²) in [5, 5.41) is 4.84. The average molecular weight is 348 g/mol. The maximum absolute atomic E-state index is 12.1. The minimum Gasteiger partial charge on any atom is -0.496 e. The molecule has 1 fully saturated rings. The van der Waals surface area contributed by atoms with E-state index in [1.165, 1.54) is 5.69 Å². The van der Waals surface area contributed by atoms with E-state index in [0.717, 1.165) is 47.5 Å². The quantitative estimate of drug-likeness (QED) is 0.714. The Morgan fingerprint density at radius 3 is 2.92 bits per heavy atom. The molecule has 2 bridgehead atoms. The van der Waals surface area contributed by atoms with Crippen molar-refractivity contribution in [1.82, 2.24) is 19.5 Å². The zero-order valence-corrected chi connectivity index (χ0v) is 14.8. The van der Waals surface area contributed by atoms with Crippen molar-refractivity contribution < 1.29 is 9.53 Å². The van der Waals surface area contributed by atoms with E-state index in [9.17, 15) is 4.79 Å². The summed E-state index contributed by atoms with van der Waals surface area (Å²) >= 11 is 0. The van der Waals surface area contributed by atoms with Gasteiger partial charge in [-0.2, -0.15) is 5.10 Å². The van der Waals surface area contributed by atoms with E-state index in [2.05, 4.69) is 4.98 Å². The highest BCUT2D eigenvalue weighted by molar-refractivity contribution is 5.75. The van der Waals surface area contributed by atoms with Gasteiger partial charge in [0, 0.05) is 42.8 Å². The SMILES string of the molecule is COc1ccccc1-c1cc2ncc3c(n2n1)C[C@H]1CC[C@H]3N1C(C)=O. The summed E-state index contributed by atoms with van der Waals surface area (Å²) in [6.07, 6.45) is 4.81. The van der Waals surface area contributed by atoms with Gasteiger partial charge in [0.15, 0.2) is 5.65 Å². The van der Waals surface area contributed by atoms with Crippen molar-refractivity contribution >= 4 is 11.6 Å². The predicted molar refractivity (Wildman–Crippen MR) is 97.0 cm³/mol. The van der Waals surface area contributed by atoms with Crippen LogP contribution in [0.3, 0.4) is 0 Å². The molecule has 4 heterocycles. The highest BCUT2D eigenvalue weighted by Gasteiger charge is 2.42. The zero-order valence-electron chi connectivity index (χ0n) is 14.8. The lowest BCUT2D eigenvalue weighted by Crippen LogP contribution is -2.41. The van der Waals surface area contributed by atoms with Crippen LogP contribution in [0.1, 0.15) is 37.1 Å². The number of nitrogens with zero attached hydrogens (tertiary/aromatic N) is 4. The molecule has 0 spiro atoms.